The second kappa shape index (κ2) is 8.03. The number of aliphatic carboxylic acids is 1. The fourth-order valence-electron chi connectivity index (χ4n) is 1.71. The average Bonchev–Trinajstić information content (AvgIpc) is 2.49. The summed E-state index contributed by atoms with van der Waals surface area (Å²) in [7, 11) is 2.63. The number of nitrogens with one attached hydrogen (secondary N) is 1. The Balaban J connectivity index is 2.99. The molecule has 1 aromatic rings. The number of carboxylic acid groups (broad SMARTS) is 1. The highest BCUT2D eigenvalue weighted by Crippen LogP contribution is 2.29. The number of amides is 2. The molecule has 23 heavy (non-hydrogen) atoms. The molecule has 126 valence electrons. The van der Waals surface area contributed by atoms with Crippen molar-refractivity contribution in [1.82, 2.24) is 4.90 Å². The van der Waals surface area contributed by atoms with Crippen LogP contribution >= 0.6 is 23.2 Å². The van der Waals surface area contributed by atoms with E-state index in [2.05, 4.69) is 10.1 Å². The lowest BCUT2D eigenvalue weighted by Crippen LogP contribution is -2.37. The van der Waals surface area contributed by atoms with Gasteiger partial charge < -0.3 is 20.1 Å². The number of carbonyl (C=O) groups excluding carboxylic acids is 2. The van der Waals surface area contributed by atoms with Crippen molar-refractivity contribution >= 4 is 46.9 Å². The lowest BCUT2D eigenvalue weighted by molar-refractivity contribution is -0.141. The molecular weight excluding hydrogens is 347 g/mol. The zero-order chi connectivity index (χ0) is 17.7. The number of hydrogen-bond donors (Lipinski definition) is 2. The fourth-order valence-corrected chi connectivity index (χ4v) is 2.04. The summed E-state index contributed by atoms with van der Waals surface area (Å²) in [5.74, 6) is -2.45. The second-order valence-electron chi connectivity index (χ2n) is 4.85. The van der Waals surface area contributed by atoms with Gasteiger partial charge in [0.25, 0.3) is 0 Å². The van der Waals surface area contributed by atoms with Gasteiger partial charge in [-0.15, -0.1) is 0 Å². The Morgan fingerprint density at radius 3 is 2.39 bits per heavy atom. The van der Waals surface area contributed by atoms with Gasteiger partial charge in [-0.1, -0.05) is 30.1 Å². The van der Waals surface area contributed by atoms with Crippen LogP contribution in [0, 0.1) is 5.92 Å². The second-order valence-corrected chi connectivity index (χ2v) is 5.67. The lowest BCUT2D eigenvalue weighted by Gasteiger charge is -2.21. The van der Waals surface area contributed by atoms with Crippen LogP contribution in [0.2, 0.25) is 10.0 Å². The molecule has 0 heterocycles. The Morgan fingerprint density at radius 1 is 1.30 bits per heavy atom. The maximum absolute atomic E-state index is 12.1. The van der Waals surface area contributed by atoms with Gasteiger partial charge in [-0.2, -0.15) is 0 Å². The summed E-state index contributed by atoms with van der Waals surface area (Å²) in [5, 5.41) is 11.6. The molecule has 2 amide bonds. The van der Waals surface area contributed by atoms with Crippen molar-refractivity contribution in [3.63, 3.8) is 0 Å². The minimum absolute atomic E-state index is 0.00392. The lowest BCUT2D eigenvalue weighted by atomic mass is 10.1. The molecule has 0 aliphatic rings. The van der Waals surface area contributed by atoms with E-state index in [1.54, 1.807) is 0 Å². The average molecular weight is 363 g/mol. The highest BCUT2D eigenvalue weighted by Gasteiger charge is 2.21. The van der Waals surface area contributed by atoms with E-state index in [9.17, 15) is 14.4 Å². The van der Waals surface area contributed by atoms with E-state index in [1.165, 1.54) is 38.1 Å². The molecule has 0 radical (unpaired) electrons. The topological polar surface area (TPSA) is 95.9 Å². The van der Waals surface area contributed by atoms with Crippen molar-refractivity contribution in [2.24, 2.45) is 5.92 Å². The monoisotopic (exact) mass is 362 g/mol. The van der Waals surface area contributed by atoms with Gasteiger partial charge in [0.2, 0.25) is 0 Å². The third-order valence-corrected chi connectivity index (χ3v) is 3.75. The number of hydrogen-bond acceptors (Lipinski definition) is 4. The number of esters is 1. The SMILES string of the molecule is COC(=O)c1cc(Cl)c(Cl)cc1NC(=O)N(C)CC(C)C(=O)O. The maximum Gasteiger partial charge on any atom is 0.340 e. The summed E-state index contributed by atoms with van der Waals surface area (Å²) in [5.41, 5.74) is 0.154. The predicted molar refractivity (Wildman–Crippen MR) is 86.3 cm³/mol. The zero-order valence-electron chi connectivity index (χ0n) is 12.7. The Hall–Kier alpha value is -1.99. The van der Waals surface area contributed by atoms with Crippen molar-refractivity contribution in [2.75, 3.05) is 26.0 Å². The van der Waals surface area contributed by atoms with Crippen LogP contribution in [0.5, 0.6) is 0 Å². The molecule has 7 nitrogen and oxygen atoms in total. The molecule has 1 unspecified atom stereocenters. The van der Waals surface area contributed by atoms with Gasteiger partial charge in [-0.3, -0.25) is 4.79 Å². The number of carboxylic acids is 1. The van der Waals surface area contributed by atoms with Crippen LogP contribution in [0.4, 0.5) is 10.5 Å². The number of ether oxygens (including phenoxy) is 1. The number of halogens is 2. The molecule has 2 N–H and O–H groups in total. The highest BCUT2D eigenvalue weighted by atomic mass is 35.5. The molecule has 0 spiro atoms. The van der Waals surface area contributed by atoms with Crippen molar-refractivity contribution < 1.29 is 24.2 Å². The van der Waals surface area contributed by atoms with Gasteiger partial charge in [0.05, 0.1) is 34.3 Å². The number of nitrogens with zero attached hydrogens (tertiary/aromatic N) is 1. The van der Waals surface area contributed by atoms with Gasteiger partial charge in [0.1, 0.15) is 0 Å². The van der Waals surface area contributed by atoms with Gasteiger partial charge in [-0.05, 0) is 12.1 Å². The van der Waals surface area contributed by atoms with Crippen LogP contribution in [-0.2, 0) is 9.53 Å². The van der Waals surface area contributed by atoms with Crippen LogP contribution in [0.3, 0.4) is 0 Å². The molecule has 0 saturated carbocycles. The smallest absolute Gasteiger partial charge is 0.340 e. The van der Waals surface area contributed by atoms with E-state index in [1.807, 2.05) is 0 Å². The Morgan fingerprint density at radius 2 is 1.87 bits per heavy atom. The van der Waals surface area contributed by atoms with E-state index in [0.717, 1.165) is 0 Å². The molecule has 1 atom stereocenters. The first-order chi connectivity index (χ1) is 10.7. The summed E-state index contributed by atoms with van der Waals surface area (Å²) >= 11 is 11.8. The third kappa shape index (κ3) is 5.01. The molecule has 0 aromatic heterocycles. The fraction of sp³-hybridized carbons (Fsp3) is 0.357. The van der Waals surface area contributed by atoms with E-state index in [0.29, 0.717) is 0 Å². The van der Waals surface area contributed by atoms with E-state index < -0.39 is 23.9 Å². The first kappa shape index (κ1) is 19.1. The molecule has 0 aliphatic carbocycles. The standard InChI is InChI=1S/C14H16Cl2N2O5/c1-7(12(19)20)6-18(2)14(22)17-11-5-10(16)9(15)4-8(11)13(21)23-3/h4-5,7H,6H2,1-3H3,(H,17,22)(H,19,20). The van der Waals surface area contributed by atoms with Crippen LogP contribution in [-0.4, -0.2) is 48.7 Å². The summed E-state index contributed by atoms with van der Waals surface area (Å²) in [6.07, 6.45) is 0. The molecular formula is C14H16Cl2N2O5. The predicted octanol–water partition coefficient (Wildman–Crippen LogP) is 2.96. The summed E-state index contributed by atoms with van der Waals surface area (Å²) in [4.78, 5) is 35.9. The third-order valence-electron chi connectivity index (χ3n) is 3.02. The Labute approximate surface area is 143 Å². The number of anilines is 1. The zero-order valence-corrected chi connectivity index (χ0v) is 14.2. The van der Waals surface area contributed by atoms with Crippen LogP contribution in [0.1, 0.15) is 17.3 Å². The first-order valence-corrected chi connectivity index (χ1v) is 7.25. The molecule has 1 aromatic carbocycles. The van der Waals surface area contributed by atoms with Crippen molar-refractivity contribution in [2.45, 2.75) is 6.92 Å². The number of urea groups is 1. The largest absolute Gasteiger partial charge is 0.481 e. The van der Waals surface area contributed by atoms with Gasteiger partial charge >= 0.3 is 18.0 Å². The number of benzene rings is 1. The Kier molecular flexibility index (Phi) is 6.65. The van der Waals surface area contributed by atoms with Crippen LogP contribution in [0.25, 0.3) is 0 Å². The molecule has 9 heteroatoms. The van der Waals surface area contributed by atoms with Gasteiger partial charge in [0, 0.05) is 13.6 Å². The van der Waals surface area contributed by atoms with Crippen LogP contribution < -0.4 is 5.32 Å². The van der Waals surface area contributed by atoms with Crippen LogP contribution in [0.15, 0.2) is 12.1 Å². The molecule has 0 bridgehead atoms. The summed E-state index contributed by atoms with van der Waals surface area (Å²) in [6, 6.07) is 2.01. The Bertz CT molecular complexity index is 636. The normalized spacial score (nSPS) is 11.5. The van der Waals surface area contributed by atoms with Gasteiger partial charge in [0.15, 0.2) is 0 Å². The molecule has 0 saturated heterocycles. The minimum atomic E-state index is -1.02. The molecule has 0 aliphatic heterocycles. The quantitative estimate of drug-likeness (QED) is 0.784. The number of rotatable bonds is 5. The summed E-state index contributed by atoms with van der Waals surface area (Å²) < 4.78 is 4.63. The number of carbonyl (C=O) groups is 3. The maximum atomic E-state index is 12.1. The van der Waals surface area contributed by atoms with E-state index in [4.69, 9.17) is 28.3 Å². The van der Waals surface area contributed by atoms with Crippen molar-refractivity contribution in [3.05, 3.63) is 27.7 Å². The van der Waals surface area contributed by atoms with E-state index >= 15 is 0 Å². The molecule has 1 rings (SSSR count). The first-order valence-electron chi connectivity index (χ1n) is 6.49. The molecule has 0 fully saturated rings. The van der Waals surface area contributed by atoms with Crippen molar-refractivity contribution in [3.8, 4) is 0 Å². The van der Waals surface area contributed by atoms with Gasteiger partial charge in [-0.25, -0.2) is 9.59 Å². The van der Waals surface area contributed by atoms with E-state index in [-0.39, 0.29) is 27.8 Å². The highest BCUT2D eigenvalue weighted by molar-refractivity contribution is 6.42. The summed E-state index contributed by atoms with van der Waals surface area (Å²) in [6.45, 7) is 1.47. The number of methoxy groups -OCH3 is 1. The minimum Gasteiger partial charge on any atom is -0.481 e. The van der Waals surface area contributed by atoms with Crippen molar-refractivity contribution in [1.29, 1.82) is 0 Å².